The highest BCUT2D eigenvalue weighted by Crippen LogP contribution is 2.23. The number of hydrogen-bond donors (Lipinski definition) is 1. The first kappa shape index (κ1) is 12.5. The lowest BCUT2D eigenvalue weighted by Crippen LogP contribution is -2.27. The summed E-state index contributed by atoms with van der Waals surface area (Å²) in [6, 6.07) is 0.298. The minimum Gasteiger partial charge on any atom is -0.387 e. The third-order valence-corrected chi connectivity index (χ3v) is 3.13. The maximum Gasteiger partial charge on any atom is 0.0971 e. The van der Waals surface area contributed by atoms with E-state index in [1.807, 2.05) is 0 Å². The first-order chi connectivity index (χ1) is 7.24. The molecular formula is C12H24N2O. The Kier molecular flexibility index (Phi) is 5.69. The summed E-state index contributed by atoms with van der Waals surface area (Å²) in [5, 5.41) is 0. The second kappa shape index (κ2) is 6.83. The molecule has 15 heavy (non-hydrogen) atoms. The monoisotopic (exact) mass is 212 g/mol. The van der Waals surface area contributed by atoms with Crippen LogP contribution in [0.5, 0.6) is 0 Å². The van der Waals surface area contributed by atoms with Crippen molar-refractivity contribution in [1.29, 1.82) is 0 Å². The van der Waals surface area contributed by atoms with Crippen molar-refractivity contribution in [3.8, 4) is 0 Å². The van der Waals surface area contributed by atoms with Crippen LogP contribution in [0.25, 0.3) is 0 Å². The van der Waals surface area contributed by atoms with E-state index in [0.29, 0.717) is 12.0 Å². The minimum absolute atomic E-state index is 0.298. The fourth-order valence-corrected chi connectivity index (χ4v) is 2.11. The van der Waals surface area contributed by atoms with Gasteiger partial charge >= 0.3 is 0 Å². The molecule has 0 aliphatic heterocycles. The maximum absolute atomic E-state index is 6.03. The van der Waals surface area contributed by atoms with Gasteiger partial charge in [0.25, 0.3) is 0 Å². The molecule has 0 aromatic heterocycles. The SMILES string of the molecule is COCCC(C)N=C(N)C1CCCCC1. The van der Waals surface area contributed by atoms with Gasteiger partial charge in [0.15, 0.2) is 0 Å². The molecule has 0 radical (unpaired) electrons. The molecule has 0 spiro atoms. The van der Waals surface area contributed by atoms with E-state index in [9.17, 15) is 0 Å². The van der Waals surface area contributed by atoms with E-state index in [4.69, 9.17) is 10.5 Å². The molecule has 1 rings (SSSR count). The number of methoxy groups -OCH3 is 1. The van der Waals surface area contributed by atoms with Gasteiger partial charge in [-0.2, -0.15) is 0 Å². The average Bonchev–Trinajstić information content (AvgIpc) is 2.27. The molecule has 0 amide bonds. The van der Waals surface area contributed by atoms with Crippen molar-refractivity contribution >= 4 is 5.84 Å². The van der Waals surface area contributed by atoms with Crippen molar-refractivity contribution in [2.45, 2.75) is 51.5 Å². The highest BCUT2D eigenvalue weighted by molar-refractivity contribution is 5.83. The largest absolute Gasteiger partial charge is 0.387 e. The predicted molar refractivity (Wildman–Crippen MR) is 64.2 cm³/mol. The van der Waals surface area contributed by atoms with Gasteiger partial charge in [-0.15, -0.1) is 0 Å². The van der Waals surface area contributed by atoms with Crippen molar-refractivity contribution in [2.24, 2.45) is 16.6 Å². The molecule has 3 heteroatoms. The summed E-state index contributed by atoms with van der Waals surface area (Å²) in [4.78, 5) is 4.55. The van der Waals surface area contributed by atoms with E-state index >= 15 is 0 Å². The predicted octanol–water partition coefficient (Wildman–Crippen LogP) is 2.35. The lowest BCUT2D eigenvalue weighted by atomic mass is 9.88. The van der Waals surface area contributed by atoms with E-state index < -0.39 is 0 Å². The molecule has 0 aromatic rings. The van der Waals surface area contributed by atoms with Gasteiger partial charge in [-0.1, -0.05) is 19.3 Å². The van der Waals surface area contributed by atoms with Gasteiger partial charge in [-0.3, -0.25) is 4.99 Å². The van der Waals surface area contributed by atoms with Crippen LogP contribution >= 0.6 is 0 Å². The normalized spacial score (nSPS) is 21.6. The summed E-state index contributed by atoms with van der Waals surface area (Å²) in [6.07, 6.45) is 7.41. The van der Waals surface area contributed by atoms with Gasteiger partial charge in [-0.05, 0) is 26.2 Å². The molecular weight excluding hydrogens is 188 g/mol. The van der Waals surface area contributed by atoms with E-state index in [2.05, 4.69) is 11.9 Å². The lowest BCUT2D eigenvalue weighted by molar-refractivity contribution is 0.190. The molecule has 0 heterocycles. The summed E-state index contributed by atoms with van der Waals surface area (Å²) in [6.45, 7) is 2.87. The maximum atomic E-state index is 6.03. The first-order valence-electron chi connectivity index (χ1n) is 6.06. The van der Waals surface area contributed by atoms with E-state index in [0.717, 1.165) is 18.9 Å². The van der Waals surface area contributed by atoms with Gasteiger partial charge in [0.1, 0.15) is 0 Å². The molecule has 0 bridgehead atoms. The van der Waals surface area contributed by atoms with Crippen LogP contribution in [-0.4, -0.2) is 25.6 Å². The zero-order chi connectivity index (χ0) is 11.1. The molecule has 1 saturated carbocycles. The molecule has 0 aromatic carbocycles. The zero-order valence-corrected chi connectivity index (χ0v) is 10.0. The van der Waals surface area contributed by atoms with Crippen LogP contribution in [-0.2, 0) is 4.74 Å². The Labute approximate surface area is 93.1 Å². The van der Waals surface area contributed by atoms with Crippen molar-refractivity contribution in [3.63, 3.8) is 0 Å². The van der Waals surface area contributed by atoms with Crippen molar-refractivity contribution in [2.75, 3.05) is 13.7 Å². The van der Waals surface area contributed by atoms with Crippen molar-refractivity contribution in [3.05, 3.63) is 0 Å². The molecule has 88 valence electrons. The highest BCUT2D eigenvalue weighted by Gasteiger charge is 2.17. The van der Waals surface area contributed by atoms with Crippen LogP contribution in [0.2, 0.25) is 0 Å². The molecule has 0 saturated heterocycles. The Morgan fingerprint density at radius 2 is 2.07 bits per heavy atom. The summed E-state index contributed by atoms with van der Waals surface area (Å²) in [7, 11) is 1.72. The molecule has 1 aliphatic rings. The third-order valence-electron chi connectivity index (χ3n) is 3.13. The molecule has 3 nitrogen and oxygen atoms in total. The van der Waals surface area contributed by atoms with E-state index in [1.54, 1.807) is 7.11 Å². The zero-order valence-electron chi connectivity index (χ0n) is 10.0. The minimum atomic E-state index is 0.298. The Balaban J connectivity index is 2.35. The topological polar surface area (TPSA) is 47.6 Å². The number of rotatable bonds is 5. The number of amidine groups is 1. The first-order valence-corrected chi connectivity index (χ1v) is 6.06. The van der Waals surface area contributed by atoms with Gasteiger partial charge in [0.2, 0.25) is 0 Å². The van der Waals surface area contributed by atoms with Crippen LogP contribution in [0, 0.1) is 5.92 Å². The second-order valence-electron chi connectivity index (χ2n) is 4.52. The van der Waals surface area contributed by atoms with Gasteiger partial charge < -0.3 is 10.5 Å². The second-order valence-corrected chi connectivity index (χ2v) is 4.52. The molecule has 1 fully saturated rings. The van der Waals surface area contributed by atoms with E-state index in [-0.39, 0.29) is 0 Å². The molecule has 2 N–H and O–H groups in total. The standard InChI is InChI=1S/C12H24N2O/c1-10(8-9-15-2)14-12(13)11-6-4-3-5-7-11/h10-11H,3-9H2,1-2H3,(H2,13,14). The number of ether oxygens (including phenoxy) is 1. The summed E-state index contributed by atoms with van der Waals surface area (Å²) < 4.78 is 5.03. The highest BCUT2D eigenvalue weighted by atomic mass is 16.5. The van der Waals surface area contributed by atoms with Crippen LogP contribution in [0.3, 0.4) is 0 Å². The third kappa shape index (κ3) is 4.65. The average molecular weight is 212 g/mol. The number of aliphatic imine (C=N–C) groups is 1. The summed E-state index contributed by atoms with van der Waals surface area (Å²) >= 11 is 0. The van der Waals surface area contributed by atoms with E-state index in [1.165, 1.54) is 32.1 Å². The number of hydrogen-bond acceptors (Lipinski definition) is 2. The smallest absolute Gasteiger partial charge is 0.0971 e. The fraction of sp³-hybridized carbons (Fsp3) is 0.917. The van der Waals surface area contributed by atoms with Gasteiger partial charge in [-0.25, -0.2) is 0 Å². The lowest BCUT2D eigenvalue weighted by Gasteiger charge is -2.21. The Bertz CT molecular complexity index is 198. The molecule has 1 unspecified atom stereocenters. The van der Waals surface area contributed by atoms with Crippen LogP contribution in [0.1, 0.15) is 45.4 Å². The van der Waals surface area contributed by atoms with Gasteiger partial charge in [0, 0.05) is 19.6 Å². The van der Waals surface area contributed by atoms with Crippen LogP contribution < -0.4 is 5.73 Å². The van der Waals surface area contributed by atoms with Crippen molar-refractivity contribution < 1.29 is 4.74 Å². The molecule has 1 aliphatic carbocycles. The van der Waals surface area contributed by atoms with Gasteiger partial charge in [0.05, 0.1) is 11.9 Å². The van der Waals surface area contributed by atoms with Crippen LogP contribution in [0.4, 0.5) is 0 Å². The Hall–Kier alpha value is -0.570. The van der Waals surface area contributed by atoms with Crippen molar-refractivity contribution in [1.82, 2.24) is 0 Å². The fourth-order valence-electron chi connectivity index (χ4n) is 2.11. The number of nitrogens with zero attached hydrogens (tertiary/aromatic N) is 1. The molecule has 1 atom stereocenters. The summed E-state index contributed by atoms with van der Waals surface area (Å²) in [5.74, 6) is 1.42. The quantitative estimate of drug-likeness (QED) is 0.561. The number of nitrogens with two attached hydrogens (primary N) is 1. The summed E-state index contributed by atoms with van der Waals surface area (Å²) in [5.41, 5.74) is 6.03. The van der Waals surface area contributed by atoms with Crippen LogP contribution in [0.15, 0.2) is 4.99 Å². The Morgan fingerprint density at radius 1 is 1.40 bits per heavy atom. The Morgan fingerprint density at radius 3 is 2.67 bits per heavy atom.